The van der Waals surface area contributed by atoms with Gasteiger partial charge in [0.15, 0.2) is 0 Å². The van der Waals surface area contributed by atoms with Crippen molar-refractivity contribution in [2.24, 2.45) is 0 Å². The summed E-state index contributed by atoms with van der Waals surface area (Å²) in [7, 11) is 0. The fourth-order valence-electron chi connectivity index (χ4n) is 2.21. The Labute approximate surface area is 180 Å². The number of thiophene rings is 1. The summed E-state index contributed by atoms with van der Waals surface area (Å²) >= 11 is 4.31. The predicted octanol–water partition coefficient (Wildman–Crippen LogP) is -0.00239. The Bertz CT molecular complexity index is 777. The standard InChI is InChI=1S/C12H8IS.C5H5.2ClH.Zr/c1-7-5-8-11(6-7)14-10-4-2-3-9(13)12(8)10;1-2-4-5-3-1;;;/h2-6H,1H3;1-3H,4H2;2*1H;/q2*-1;;;+4/p-2. The maximum Gasteiger partial charge on any atom is 4.00 e. The van der Waals surface area contributed by atoms with Gasteiger partial charge in [-0.2, -0.15) is 12.1 Å². The second kappa shape index (κ2) is 10.4. The molecule has 0 spiro atoms. The van der Waals surface area contributed by atoms with Crippen LogP contribution >= 0.6 is 33.9 Å². The normalized spacial score (nSPS) is 11.4. The van der Waals surface area contributed by atoms with Gasteiger partial charge < -0.3 is 24.8 Å². The van der Waals surface area contributed by atoms with Crippen molar-refractivity contribution in [1.29, 1.82) is 0 Å². The summed E-state index contributed by atoms with van der Waals surface area (Å²) < 4.78 is 4.18. The summed E-state index contributed by atoms with van der Waals surface area (Å²) in [6.45, 7) is 2.16. The molecule has 22 heavy (non-hydrogen) atoms. The molecule has 0 saturated carbocycles. The minimum absolute atomic E-state index is 0. The number of rotatable bonds is 0. The van der Waals surface area contributed by atoms with Crippen molar-refractivity contribution in [3.05, 3.63) is 63.8 Å². The third-order valence-corrected chi connectivity index (χ3v) is 5.06. The van der Waals surface area contributed by atoms with Crippen molar-refractivity contribution in [3.8, 4) is 0 Å². The first-order valence-electron chi connectivity index (χ1n) is 6.21. The molecule has 0 amide bonds. The van der Waals surface area contributed by atoms with Gasteiger partial charge in [-0.15, -0.1) is 23.4 Å². The number of hydrogen-bond donors (Lipinski definition) is 0. The third kappa shape index (κ3) is 4.98. The first-order chi connectivity index (χ1) is 9.25. The van der Waals surface area contributed by atoms with E-state index in [4.69, 9.17) is 0 Å². The van der Waals surface area contributed by atoms with Crippen molar-refractivity contribution in [1.82, 2.24) is 0 Å². The zero-order valence-electron chi connectivity index (χ0n) is 11.9. The Morgan fingerprint density at radius 2 is 2.00 bits per heavy atom. The molecule has 1 heterocycles. The van der Waals surface area contributed by atoms with Crippen LogP contribution in [-0.4, -0.2) is 0 Å². The SMILES string of the molecule is Cc1cc2sc3cccc(I)c3c2[cH-]1.[C-]1=CC=CC1.[Cl-].[Cl-].[Zr+4]. The zero-order chi connectivity index (χ0) is 13.2. The summed E-state index contributed by atoms with van der Waals surface area (Å²) in [5, 5.41) is 2.86. The molecule has 1 aliphatic carbocycles. The number of fused-ring (bicyclic) bond motifs is 3. The molecule has 0 aliphatic heterocycles. The van der Waals surface area contributed by atoms with Crippen LogP contribution in [0.1, 0.15) is 12.0 Å². The van der Waals surface area contributed by atoms with Crippen molar-refractivity contribution >= 4 is 54.1 Å². The molecule has 0 saturated heterocycles. The number of hydrogen-bond acceptors (Lipinski definition) is 1. The van der Waals surface area contributed by atoms with Crippen LogP contribution in [0.4, 0.5) is 0 Å². The first-order valence-corrected chi connectivity index (χ1v) is 8.11. The van der Waals surface area contributed by atoms with Crippen molar-refractivity contribution in [3.63, 3.8) is 0 Å². The summed E-state index contributed by atoms with van der Waals surface area (Å²) in [6, 6.07) is 11.1. The van der Waals surface area contributed by atoms with Crippen molar-refractivity contribution in [2.45, 2.75) is 13.3 Å². The van der Waals surface area contributed by atoms with Crippen LogP contribution in [0.2, 0.25) is 0 Å². The Morgan fingerprint density at radius 3 is 2.59 bits per heavy atom. The summed E-state index contributed by atoms with van der Waals surface area (Å²) in [5.41, 5.74) is 1.37. The van der Waals surface area contributed by atoms with E-state index in [2.05, 4.69) is 72.0 Å². The fraction of sp³-hybridized carbons (Fsp3) is 0.118. The summed E-state index contributed by atoms with van der Waals surface area (Å²) in [4.78, 5) is 0. The van der Waals surface area contributed by atoms with Gasteiger partial charge in [-0.25, -0.2) is 23.5 Å². The van der Waals surface area contributed by atoms with Crippen LogP contribution in [0.25, 0.3) is 20.2 Å². The molecule has 0 atom stereocenters. The smallest absolute Gasteiger partial charge is 1.00 e. The van der Waals surface area contributed by atoms with Crippen LogP contribution in [0.15, 0.2) is 48.6 Å². The third-order valence-electron chi connectivity index (χ3n) is 3.05. The van der Waals surface area contributed by atoms with Gasteiger partial charge in [0, 0.05) is 0 Å². The quantitative estimate of drug-likeness (QED) is 0.280. The van der Waals surface area contributed by atoms with Crippen LogP contribution in [0, 0.1) is 16.6 Å². The molecular formula is C17H13Cl2ISZr. The topological polar surface area (TPSA) is 0 Å². The second-order valence-corrected chi connectivity index (χ2v) is 6.77. The van der Waals surface area contributed by atoms with E-state index in [-0.39, 0.29) is 51.0 Å². The van der Waals surface area contributed by atoms with Gasteiger partial charge in [-0.3, -0.25) is 6.08 Å². The predicted molar refractivity (Wildman–Crippen MR) is 93.9 cm³/mol. The van der Waals surface area contributed by atoms with E-state index < -0.39 is 0 Å². The van der Waals surface area contributed by atoms with E-state index in [1.54, 1.807) is 0 Å². The van der Waals surface area contributed by atoms with E-state index in [0.29, 0.717) is 0 Å². The minimum Gasteiger partial charge on any atom is -1.00 e. The Balaban J connectivity index is 0.000000482. The molecule has 112 valence electrons. The van der Waals surface area contributed by atoms with Crippen LogP contribution < -0.4 is 24.8 Å². The summed E-state index contributed by atoms with van der Waals surface area (Å²) in [5.74, 6) is 0. The minimum atomic E-state index is 0. The average Bonchev–Trinajstić information content (AvgIpc) is 3.05. The van der Waals surface area contributed by atoms with Gasteiger partial charge in [-0.05, 0) is 8.27 Å². The van der Waals surface area contributed by atoms with E-state index in [9.17, 15) is 0 Å². The number of aryl methyl sites for hydroxylation is 1. The molecule has 0 nitrogen and oxygen atoms in total. The molecule has 2 aromatic carbocycles. The largest absolute Gasteiger partial charge is 4.00 e. The van der Waals surface area contributed by atoms with E-state index in [1.807, 2.05) is 23.5 Å². The van der Waals surface area contributed by atoms with Crippen molar-refractivity contribution in [2.75, 3.05) is 0 Å². The first kappa shape index (κ1) is 22.5. The Morgan fingerprint density at radius 1 is 1.23 bits per heavy atom. The zero-order valence-corrected chi connectivity index (χ0v) is 18.8. The molecule has 4 rings (SSSR count). The second-order valence-electron chi connectivity index (χ2n) is 4.53. The molecule has 1 aromatic heterocycles. The van der Waals surface area contributed by atoms with Gasteiger partial charge in [0.1, 0.15) is 0 Å². The Kier molecular flexibility index (Phi) is 10.6. The maximum absolute atomic E-state index is 2.99. The van der Waals surface area contributed by atoms with Gasteiger partial charge in [0.05, 0.1) is 0 Å². The number of benzene rings is 1. The molecule has 5 heteroatoms. The maximum atomic E-state index is 2.99. The number of allylic oxidation sites excluding steroid dienone is 4. The fourth-order valence-corrected chi connectivity index (χ4v) is 4.41. The van der Waals surface area contributed by atoms with Gasteiger partial charge in [-0.1, -0.05) is 57.8 Å². The Hall–Kier alpha value is 0.463. The molecule has 0 bridgehead atoms. The van der Waals surface area contributed by atoms with Gasteiger partial charge in [0.25, 0.3) is 0 Å². The van der Waals surface area contributed by atoms with Gasteiger partial charge >= 0.3 is 26.2 Å². The molecule has 0 fully saturated rings. The number of halogens is 3. The molecule has 0 unspecified atom stereocenters. The van der Waals surface area contributed by atoms with Gasteiger partial charge in [0.2, 0.25) is 0 Å². The van der Waals surface area contributed by atoms with Crippen LogP contribution in [0.3, 0.4) is 0 Å². The van der Waals surface area contributed by atoms with Crippen LogP contribution in [0.5, 0.6) is 0 Å². The molecule has 0 radical (unpaired) electrons. The van der Waals surface area contributed by atoms with E-state index >= 15 is 0 Å². The molecule has 3 aromatic rings. The van der Waals surface area contributed by atoms with Crippen LogP contribution in [-0.2, 0) is 26.2 Å². The van der Waals surface area contributed by atoms with E-state index in [1.165, 1.54) is 29.3 Å². The average molecular weight is 538 g/mol. The summed E-state index contributed by atoms with van der Waals surface area (Å²) in [6.07, 6.45) is 10.0. The van der Waals surface area contributed by atoms with Crippen molar-refractivity contribution < 1.29 is 51.0 Å². The monoisotopic (exact) mass is 536 g/mol. The molecular weight excluding hydrogens is 525 g/mol. The molecule has 0 N–H and O–H groups in total. The van der Waals surface area contributed by atoms with E-state index in [0.717, 1.165) is 6.42 Å². The molecule has 1 aliphatic rings.